The normalized spacial score (nSPS) is 15.3. The van der Waals surface area contributed by atoms with Gasteiger partial charge >= 0.3 is 5.97 Å². The first-order valence-corrected chi connectivity index (χ1v) is 10.8. The van der Waals surface area contributed by atoms with Crippen LogP contribution in [0.5, 0.6) is 0 Å². The first-order valence-electron chi connectivity index (χ1n) is 9.99. The Kier molecular flexibility index (Phi) is 8.57. The SMILES string of the molecule is CC(NC(=O)C(OC(=O)C(O)C(C)(C)C)C(C)(C)C)C(=O)Nc1ncc(C(C)C)s1. The van der Waals surface area contributed by atoms with Gasteiger partial charge in [0.1, 0.15) is 6.04 Å². The predicted octanol–water partition coefficient (Wildman–Crippen LogP) is 3.07. The zero-order valence-corrected chi connectivity index (χ0v) is 20.1. The fourth-order valence-corrected chi connectivity index (χ4v) is 3.16. The second-order valence-corrected chi connectivity index (χ2v) is 11.0. The minimum atomic E-state index is -1.38. The van der Waals surface area contributed by atoms with E-state index in [-0.39, 0.29) is 0 Å². The summed E-state index contributed by atoms with van der Waals surface area (Å²) >= 11 is 1.38. The third-order valence-corrected chi connectivity index (χ3v) is 5.59. The number of carbonyl (C=O) groups excluding carboxylic acids is 3. The fraction of sp³-hybridized carbons (Fsp3) is 0.714. The Morgan fingerprint density at radius 1 is 1.03 bits per heavy atom. The maximum atomic E-state index is 12.8. The van der Waals surface area contributed by atoms with Crippen molar-refractivity contribution in [1.29, 1.82) is 0 Å². The van der Waals surface area contributed by atoms with Crippen LogP contribution in [-0.4, -0.2) is 46.1 Å². The molecule has 0 aliphatic heterocycles. The van der Waals surface area contributed by atoms with Crippen molar-refractivity contribution >= 4 is 34.3 Å². The van der Waals surface area contributed by atoms with Gasteiger partial charge < -0.3 is 20.5 Å². The van der Waals surface area contributed by atoms with Crippen molar-refractivity contribution in [3.63, 3.8) is 0 Å². The van der Waals surface area contributed by atoms with Crippen LogP contribution in [0.15, 0.2) is 6.20 Å². The number of carbonyl (C=O) groups is 3. The van der Waals surface area contributed by atoms with Crippen molar-refractivity contribution < 1.29 is 24.2 Å². The Bertz CT molecular complexity index is 761. The van der Waals surface area contributed by atoms with Gasteiger partial charge in [0.25, 0.3) is 5.91 Å². The summed E-state index contributed by atoms with van der Waals surface area (Å²) in [6, 6.07) is -0.875. The van der Waals surface area contributed by atoms with Crippen LogP contribution in [0.4, 0.5) is 5.13 Å². The quantitative estimate of drug-likeness (QED) is 0.560. The van der Waals surface area contributed by atoms with Crippen LogP contribution in [0, 0.1) is 10.8 Å². The lowest BCUT2D eigenvalue weighted by Gasteiger charge is -2.32. The van der Waals surface area contributed by atoms with Gasteiger partial charge in [-0.05, 0) is 18.3 Å². The minimum Gasteiger partial charge on any atom is -0.450 e. The second kappa shape index (κ2) is 9.87. The van der Waals surface area contributed by atoms with Gasteiger partial charge in [-0.3, -0.25) is 9.59 Å². The van der Waals surface area contributed by atoms with E-state index in [1.54, 1.807) is 47.7 Å². The molecule has 3 N–H and O–H groups in total. The molecule has 170 valence electrons. The van der Waals surface area contributed by atoms with Crippen LogP contribution >= 0.6 is 11.3 Å². The number of rotatable bonds is 7. The second-order valence-electron chi connectivity index (χ2n) is 9.89. The Balaban J connectivity index is 2.82. The van der Waals surface area contributed by atoms with Crippen LogP contribution < -0.4 is 10.6 Å². The average Bonchev–Trinajstić information content (AvgIpc) is 3.05. The number of hydrogen-bond acceptors (Lipinski definition) is 7. The number of aromatic nitrogens is 1. The standard InChI is InChI=1S/C21H35N3O5S/c1-11(2)13-10-22-19(30-13)24-16(26)12(3)23-17(27)15(21(7,8)9)29-18(28)14(25)20(4,5)6/h10-12,14-15,25H,1-9H3,(H,23,27)(H,22,24,26). The van der Waals surface area contributed by atoms with E-state index >= 15 is 0 Å². The molecule has 0 fully saturated rings. The van der Waals surface area contributed by atoms with E-state index in [1.165, 1.54) is 18.3 Å². The molecule has 0 aliphatic rings. The van der Waals surface area contributed by atoms with E-state index in [2.05, 4.69) is 15.6 Å². The first-order chi connectivity index (χ1) is 13.5. The summed E-state index contributed by atoms with van der Waals surface area (Å²) in [5.41, 5.74) is -1.47. The summed E-state index contributed by atoms with van der Waals surface area (Å²) < 4.78 is 5.35. The maximum absolute atomic E-state index is 12.8. The van der Waals surface area contributed by atoms with Crippen LogP contribution in [0.2, 0.25) is 0 Å². The van der Waals surface area contributed by atoms with Crippen LogP contribution in [0.3, 0.4) is 0 Å². The molecule has 0 aliphatic carbocycles. The van der Waals surface area contributed by atoms with Gasteiger partial charge in [-0.2, -0.15) is 0 Å². The number of thiazole rings is 1. The summed E-state index contributed by atoms with van der Waals surface area (Å²) in [7, 11) is 0. The van der Waals surface area contributed by atoms with Crippen molar-refractivity contribution in [2.75, 3.05) is 5.32 Å². The molecule has 0 saturated heterocycles. The van der Waals surface area contributed by atoms with E-state index in [9.17, 15) is 19.5 Å². The topological polar surface area (TPSA) is 118 Å². The van der Waals surface area contributed by atoms with Gasteiger partial charge in [0, 0.05) is 16.5 Å². The molecule has 0 aromatic carbocycles. The molecule has 0 bridgehead atoms. The van der Waals surface area contributed by atoms with Crippen molar-refractivity contribution in [1.82, 2.24) is 10.3 Å². The van der Waals surface area contributed by atoms with Crippen molar-refractivity contribution in [2.24, 2.45) is 10.8 Å². The van der Waals surface area contributed by atoms with Gasteiger partial charge in [-0.15, -0.1) is 11.3 Å². The number of hydrogen-bond donors (Lipinski definition) is 3. The first kappa shape index (κ1) is 26.0. The molecule has 30 heavy (non-hydrogen) atoms. The van der Waals surface area contributed by atoms with Gasteiger partial charge in [0.2, 0.25) is 5.91 Å². The summed E-state index contributed by atoms with van der Waals surface area (Å²) in [4.78, 5) is 42.8. The van der Waals surface area contributed by atoms with Gasteiger partial charge in [-0.25, -0.2) is 9.78 Å². The van der Waals surface area contributed by atoms with E-state index in [0.717, 1.165) is 4.88 Å². The van der Waals surface area contributed by atoms with E-state index in [0.29, 0.717) is 11.0 Å². The zero-order valence-electron chi connectivity index (χ0n) is 19.3. The predicted molar refractivity (Wildman–Crippen MR) is 117 cm³/mol. The number of nitrogens with zero attached hydrogens (tertiary/aromatic N) is 1. The van der Waals surface area contributed by atoms with Crippen molar-refractivity contribution in [2.45, 2.75) is 86.5 Å². The zero-order chi connectivity index (χ0) is 23.4. The summed E-state index contributed by atoms with van der Waals surface area (Å²) in [5, 5.41) is 15.9. The Morgan fingerprint density at radius 2 is 1.60 bits per heavy atom. The maximum Gasteiger partial charge on any atom is 0.336 e. The molecule has 1 aromatic rings. The lowest BCUT2D eigenvalue weighted by molar-refractivity contribution is -0.175. The minimum absolute atomic E-state index is 0.302. The van der Waals surface area contributed by atoms with E-state index < -0.39 is 46.9 Å². The Morgan fingerprint density at radius 3 is 2.03 bits per heavy atom. The molecule has 1 heterocycles. The number of nitrogens with one attached hydrogen (secondary N) is 2. The Labute approximate surface area is 182 Å². The number of ether oxygens (including phenoxy) is 1. The van der Waals surface area contributed by atoms with Gasteiger partial charge in [0.05, 0.1) is 0 Å². The van der Waals surface area contributed by atoms with Gasteiger partial charge in [-0.1, -0.05) is 55.4 Å². The van der Waals surface area contributed by atoms with Crippen molar-refractivity contribution in [3.8, 4) is 0 Å². The lowest BCUT2D eigenvalue weighted by Crippen LogP contribution is -2.52. The lowest BCUT2D eigenvalue weighted by atomic mass is 9.87. The molecule has 9 heteroatoms. The van der Waals surface area contributed by atoms with Crippen LogP contribution in [0.1, 0.15) is 73.1 Å². The molecular weight excluding hydrogens is 406 g/mol. The summed E-state index contributed by atoms with van der Waals surface area (Å²) in [6.45, 7) is 15.9. The molecule has 0 saturated carbocycles. The Hall–Kier alpha value is -2.00. The molecule has 1 rings (SSSR count). The number of esters is 1. The number of amides is 2. The highest BCUT2D eigenvalue weighted by Gasteiger charge is 2.39. The molecule has 1 aromatic heterocycles. The molecule has 0 radical (unpaired) electrons. The molecule has 3 atom stereocenters. The van der Waals surface area contributed by atoms with E-state index in [4.69, 9.17) is 4.74 Å². The van der Waals surface area contributed by atoms with Gasteiger partial charge in [0.15, 0.2) is 17.3 Å². The monoisotopic (exact) mass is 441 g/mol. The van der Waals surface area contributed by atoms with Crippen LogP contribution in [0.25, 0.3) is 0 Å². The van der Waals surface area contributed by atoms with Crippen LogP contribution in [-0.2, 0) is 19.1 Å². The summed E-state index contributed by atoms with van der Waals surface area (Å²) in [5.74, 6) is -1.61. The molecular formula is C21H35N3O5S. The molecule has 8 nitrogen and oxygen atoms in total. The highest BCUT2D eigenvalue weighted by molar-refractivity contribution is 7.15. The summed E-state index contributed by atoms with van der Waals surface area (Å²) in [6.07, 6.45) is -0.843. The number of aliphatic hydroxyl groups excluding tert-OH is 1. The smallest absolute Gasteiger partial charge is 0.336 e. The number of aliphatic hydroxyl groups is 1. The molecule has 0 spiro atoms. The largest absolute Gasteiger partial charge is 0.450 e. The molecule has 3 unspecified atom stereocenters. The third-order valence-electron chi connectivity index (χ3n) is 4.38. The highest BCUT2D eigenvalue weighted by Crippen LogP contribution is 2.27. The van der Waals surface area contributed by atoms with Crippen molar-refractivity contribution in [3.05, 3.63) is 11.1 Å². The molecule has 2 amide bonds. The third kappa shape index (κ3) is 7.36. The van der Waals surface area contributed by atoms with E-state index in [1.807, 2.05) is 13.8 Å². The number of anilines is 1. The fourth-order valence-electron chi connectivity index (χ4n) is 2.34. The average molecular weight is 442 g/mol. The highest BCUT2D eigenvalue weighted by atomic mass is 32.1.